The van der Waals surface area contributed by atoms with Gasteiger partial charge in [-0.2, -0.15) is 13.2 Å². The van der Waals surface area contributed by atoms with Crippen molar-refractivity contribution in [2.75, 3.05) is 0 Å². The second-order valence-corrected chi connectivity index (χ2v) is 3.78. The number of aromatic nitrogens is 1. The van der Waals surface area contributed by atoms with E-state index in [1.807, 2.05) is 0 Å². The molecule has 0 radical (unpaired) electrons. The molecule has 0 bridgehead atoms. The van der Waals surface area contributed by atoms with Crippen LogP contribution < -0.4 is 0 Å². The molecule has 1 aromatic heterocycles. The second-order valence-electron chi connectivity index (χ2n) is 3.78. The fourth-order valence-electron chi connectivity index (χ4n) is 1.56. The lowest BCUT2D eigenvalue weighted by atomic mass is 10.0. The number of hydrogen-bond donors (Lipinski definition) is 0. The molecule has 0 saturated heterocycles. The number of alkyl halides is 3. The van der Waals surface area contributed by atoms with E-state index in [9.17, 15) is 22.4 Å². The highest BCUT2D eigenvalue weighted by atomic mass is 19.4. The zero-order valence-electron chi connectivity index (χ0n) is 9.41. The van der Waals surface area contributed by atoms with Crippen molar-refractivity contribution in [3.63, 3.8) is 0 Å². The lowest BCUT2D eigenvalue weighted by molar-refractivity contribution is -0.137. The SMILES string of the molecule is O=Cc1ccc(-c2ccc(C(F)(F)F)cc2F)cn1. The number of pyridine rings is 1. The molecule has 2 aromatic rings. The Kier molecular flexibility index (Phi) is 3.33. The van der Waals surface area contributed by atoms with E-state index in [2.05, 4.69) is 4.98 Å². The van der Waals surface area contributed by atoms with Gasteiger partial charge < -0.3 is 0 Å². The standard InChI is InChI=1S/C13H7F4NO/c14-12-5-9(13(15,16)17)2-4-11(12)8-1-3-10(7-19)18-6-8/h1-7H. The second kappa shape index (κ2) is 4.79. The predicted molar refractivity (Wildman–Crippen MR) is 60.0 cm³/mol. The Hall–Kier alpha value is -2.24. The van der Waals surface area contributed by atoms with Gasteiger partial charge in [-0.25, -0.2) is 4.39 Å². The maximum absolute atomic E-state index is 13.7. The molecule has 6 heteroatoms. The van der Waals surface area contributed by atoms with Crippen LogP contribution in [0.3, 0.4) is 0 Å². The van der Waals surface area contributed by atoms with Crippen molar-refractivity contribution in [1.82, 2.24) is 4.98 Å². The van der Waals surface area contributed by atoms with E-state index in [1.54, 1.807) is 0 Å². The summed E-state index contributed by atoms with van der Waals surface area (Å²) in [7, 11) is 0. The summed E-state index contributed by atoms with van der Waals surface area (Å²) in [5.41, 5.74) is -0.586. The Morgan fingerprint density at radius 1 is 1.11 bits per heavy atom. The highest BCUT2D eigenvalue weighted by Crippen LogP contribution is 2.32. The lowest BCUT2D eigenvalue weighted by Gasteiger charge is -2.09. The first-order chi connectivity index (χ1) is 8.91. The molecule has 1 heterocycles. The Labute approximate surface area is 105 Å². The van der Waals surface area contributed by atoms with Crippen LogP contribution in [0, 0.1) is 5.82 Å². The molecular weight excluding hydrogens is 262 g/mol. The molecule has 0 saturated carbocycles. The molecule has 1 aromatic carbocycles. The smallest absolute Gasteiger partial charge is 0.296 e. The van der Waals surface area contributed by atoms with E-state index in [4.69, 9.17) is 0 Å². The maximum atomic E-state index is 13.7. The van der Waals surface area contributed by atoms with Crippen LogP contribution in [0.4, 0.5) is 17.6 Å². The van der Waals surface area contributed by atoms with Gasteiger partial charge in [0.15, 0.2) is 6.29 Å². The summed E-state index contributed by atoms with van der Waals surface area (Å²) in [6.07, 6.45) is -2.83. The average molecular weight is 269 g/mol. The van der Waals surface area contributed by atoms with Crippen LogP contribution in [0.2, 0.25) is 0 Å². The van der Waals surface area contributed by atoms with Crippen molar-refractivity contribution in [1.29, 1.82) is 0 Å². The van der Waals surface area contributed by atoms with Crippen LogP contribution >= 0.6 is 0 Å². The van der Waals surface area contributed by atoms with Crippen molar-refractivity contribution < 1.29 is 22.4 Å². The normalized spacial score (nSPS) is 11.4. The van der Waals surface area contributed by atoms with Gasteiger partial charge >= 0.3 is 6.18 Å². The van der Waals surface area contributed by atoms with Gasteiger partial charge in [0.25, 0.3) is 0 Å². The van der Waals surface area contributed by atoms with Gasteiger partial charge in [-0.1, -0.05) is 12.1 Å². The Balaban J connectivity index is 2.42. The van der Waals surface area contributed by atoms with E-state index in [0.717, 1.165) is 12.1 Å². The molecule has 0 unspecified atom stereocenters. The van der Waals surface area contributed by atoms with Crippen LogP contribution in [0.1, 0.15) is 16.1 Å². The summed E-state index contributed by atoms with van der Waals surface area (Å²) in [6.45, 7) is 0. The summed E-state index contributed by atoms with van der Waals surface area (Å²) in [5, 5.41) is 0. The van der Waals surface area contributed by atoms with E-state index >= 15 is 0 Å². The fourth-order valence-corrected chi connectivity index (χ4v) is 1.56. The third-order valence-corrected chi connectivity index (χ3v) is 2.51. The van der Waals surface area contributed by atoms with Gasteiger partial charge in [-0.3, -0.25) is 9.78 Å². The predicted octanol–water partition coefficient (Wildman–Crippen LogP) is 3.72. The molecule has 0 atom stereocenters. The molecule has 0 spiro atoms. The van der Waals surface area contributed by atoms with E-state index < -0.39 is 17.6 Å². The molecule has 0 N–H and O–H groups in total. The molecular formula is C13H7F4NO. The van der Waals surface area contributed by atoms with Gasteiger partial charge in [-0.05, 0) is 18.2 Å². The van der Waals surface area contributed by atoms with Gasteiger partial charge in [0.1, 0.15) is 11.5 Å². The van der Waals surface area contributed by atoms with Crippen molar-refractivity contribution in [2.24, 2.45) is 0 Å². The minimum Gasteiger partial charge on any atom is -0.296 e. The highest BCUT2D eigenvalue weighted by Gasteiger charge is 2.31. The number of hydrogen-bond acceptors (Lipinski definition) is 2. The summed E-state index contributed by atoms with van der Waals surface area (Å²) in [6, 6.07) is 5.05. The van der Waals surface area contributed by atoms with E-state index in [0.29, 0.717) is 17.9 Å². The lowest BCUT2D eigenvalue weighted by Crippen LogP contribution is -2.05. The summed E-state index contributed by atoms with van der Waals surface area (Å²) in [5.74, 6) is -0.990. The minimum atomic E-state index is -4.58. The van der Waals surface area contributed by atoms with Crippen LogP contribution in [-0.2, 0) is 6.18 Å². The summed E-state index contributed by atoms with van der Waals surface area (Å²) < 4.78 is 50.8. The van der Waals surface area contributed by atoms with E-state index in [1.165, 1.54) is 18.3 Å². The zero-order valence-corrected chi connectivity index (χ0v) is 9.41. The van der Waals surface area contributed by atoms with Crippen LogP contribution in [-0.4, -0.2) is 11.3 Å². The first-order valence-corrected chi connectivity index (χ1v) is 5.20. The number of rotatable bonds is 2. The number of carbonyl (C=O) groups is 1. The third kappa shape index (κ3) is 2.78. The average Bonchev–Trinajstić information content (AvgIpc) is 2.38. The van der Waals surface area contributed by atoms with Crippen LogP contribution in [0.5, 0.6) is 0 Å². The number of nitrogens with zero attached hydrogens (tertiary/aromatic N) is 1. The first kappa shape index (κ1) is 13.2. The van der Waals surface area contributed by atoms with Crippen LogP contribution in [0.25, 0.3) is 11.1 Å². The largest absolute Gasteiger partial charge is 0.416 e. The summed E-state index contributed by atoms with van der Waals surface area (Å²) >= 11 is 0. The third-order valence-electron chi connectivity index (χ3n) is 2.51. The molecule has 0 aliphatic rings. The fraction of sp³-hybridized carbons (Fsp3) is 0.0769. The molecule has 98 valence electrons. The maximum Gasteiger partial charge on any atom is 0.416 e. The Morgan fingerprint density at radius 2 is 1.84 bits per heavy atom. The number of benzene rings is 1. The van der Waals surface area contributed by atoms with E-state index in [-0.39, 0.29) is 11.3 Å². The summed E-state index contributed by atoms with van der Waals surface area (Å²) in [4.78, 5) is 14.1. The quantitative estimate of drug-likeness (QED) is 0.614. The van der Waals surface area contributed by atoms with Crippen molar-refractivity contribution in [3.8, 4) is 11.1 Å². The molecule has 0 aliphatic carbocycles. The topological polar surface area (TPSA) is 30.0 Å². The van der Waals surface area contributed by atoms with Crippen molar-refractivity contribution in [2.45, 2.75) is 6.18 Å². The van der Waals surface area contributed by atoms with Crippen LogP contribution in [0.15, 0.2) is 36.5 Å². The Bertz CT molecular complexity index is 605. The number of halogens is 4. The molecule has 2 nitrogen and oxygen atoms in total. The molecule has 19 heavy (non-hydrogen) atoms. The number of carbonyl (C=O) groups excluding carboxylic acids is 1. The monoisotopic (exact) mass is 269 g/mol. The highest BCUT2D eigenvalue weighted by molar-refractivity contribution is 5.73. The Morgan fingerprint density at radius 3 is 2.32 bits per heavy atom. The van der Waals surface area contributed by atoms with Gasteiger partial charge in [-0.15, -0.1) is 0 Å². The van der Waals surface area contributed by atoms with Gasteiger partial charge in [0.2, 0.25) is 0 Å². The van der Waals surface area contributed by atoms with Crippen molar-refractivity contribution >= 4 is 6.29 Å². The van der Waals surface area contributed by atoms with Gasteiger partial charge in [0, 0.05) is 17.3 Å². The van der Waals surface area contributed by atoms with Gasteiger partial charge in [0.05, 0.1) is 5.56 Å². The molecule has 0 amide bonds. The molecule has 2 rings (SSSR count). The number of aldehydes is 1. The molecule has 0 aliphatic heterocycles. The zero-order chi connectivity index (χ0) is 14.0. The minimum absolute atomic E-state index is 0.00190. The van der Waals surface area contributed by atoms with Crippen molar-refractivity contribution in [3.05, 3.63) is 53.6 Å². The molecule has 0 fully saturated rings. The first-order valence-electron chi connectivity index (χ1n) is 5.20.